The van der Waals surface area contributed by atoms with Crippen LogP contribution in [0, 0.1) is 0 Å². The van der Waals surface area contributed by atoms with Crippen molar-refractivity contribution in [3.8, 4) is 11.5 Å². The quantitative estimate of drug-likeness (QED) is 0.0833. The molecular formula is C44H39ClN2O13. The van der Waals surface area contributed by atoms with Gasteiger partial charge in [-0.15, -0.1) is 0 Å². The van der Waals surface area contributed by atoms with E-state index in [0.29, 0.717) is 49.9 Å². The fraction of sp³-hybridized carbons (Fsp3) is 0.250. The van der Waals surface area contributed by atoms with Crippen molar-refractivity contribution in [3.05, 3.63) is 151 Å². The first-order valence-corrected chi connectivity index (χ1v) is 18.8. The van der Waals surface area contributed by atoms with Crippen molar-refractivity contribution in [2.45, 2.75) is 12.1 Å². The van der Waals surface area contributed by atoms with Crippen LogP contribution in [0.3, 0.4) is 0 Å². The van der Waals surface area contributed by atoms with Gasteiger partial charge in [0, 0.05) is 49.9 Å². The lowest BCUT2D eigenvalue weighted by Crippen LogP contribution is -2.48. The molecule has 0 bridgehead atoms. The number of ether oxygens (including phenoxy) is 4. The summed E-state index contributed by atoms with van der Waals surface area (Å²) in [5.74, 6) is -7.42. The fourth-order valence-corrected chi connectivity index (χ4v) is 6.76. The Hall–Kier alpha value is -6.52. The van der Waals surface area contributed by atoms with E-state index in [1.165, 1.54) is 24.3 Å². The molecule has 60 heavy (non-hydrogen) atoms. The number of nitrogens with zero attached hydrogens (tertiary/aromatic N) is 2. The van der Waals surface area contributed by atoms with Crippen LogP contribution in [0.5, 0.6) is 11.5 Å². The summed E-state index contributed by atoms with van der Waals surface area (Å²) < 4.78 is 77.1. The van der Waals surface area contributed by atoms with E-state index in [1.807, 2.05) is 42.5 Å². The van der Waals surface area contributed by atoms with Crippen molar-refractivity contribution in [1.29, 1.82) is 0 Å². The molecule has 3 heterocycles. The normalized spacial score (nSPS) is 15.8. The van der Waals surface area contributed by atoms with Gasteiger partial charge in [0.15, 0.2) is 16.9 Å². The SMILES string of the molecule is [2H]C([2H])(Oc1cccc2oc(C(=O)O)cc(=O)c12)C([2H])(OC(=O)COCCN1CCN(C(c2ccccc2)c2ccc(Cl)cc2)CC1)C([2H])([2H])Oc1cccc2oc(C(=O)O)cc(=O)c12. The average Bonchev–Trinajstić information content (AvgIpc) is 3.26. The molecule has 15 nitrogen and oxygen atoms in total. The van der Waals surface area contributed by atoms with E-state index in [4.69, 9.17) is 44.9 Å². The summed E-state index contributed by atoms with van der Waals surface area (Å²) in [6.07, 6.45) is -3.87. The molecule has 1 atom stereocenters. The number of benzene rings is 4. The molecule has 0 saturated carbocycles. The molecular weight excluding hydrogens is 800 g/mol. The number of hydrogen-bond acceptors (Lipinski definition) is 13. The highest BCUT2D eigenvalue weighted by Gasteiger charge is 2.27. The lowest BCUT2D eigenvalue weighted by molar-refractivity contribution is -0.157. The second kappa shape index (κ2) is 19.0. The van der Waals surface area contributed by atoms with Crippen LogP contribution in [0.15, 0.2) is 122 Å². The highest BCUT2D eigenvalue weighted by atomic mass is 35.5. The molecule has 1 unspecified atom stereocenters. The second-order valence-electron chi connectivity index (χ2n) is 13.3. The zero-order valence-corrected chi connectivity index (χ0v) is 32.3. The van der Waals surface area contributed by atoms with Crippen molar-refractivity contribution in [2.75, 3.05) is 59.1 Å². The van der Waals surface area contributed by atoms with Gasteiger partial charge in [-0.3, -0.25) is 19.4 Å². The molecule has 16 heteroatoms. The lowest BCUT2D eigenvalue weighted by Gasteiger charge is -2.39. The summed E-state index contributed by atoms with van der Waals surface area (Å²) in [7, 11) is 0. The first kappa shape index (κ1) is 35.4. The molecule has 1 aliphatic rings. The molecule has 0 amide bonds. The Morgan fingerprint density at radius 3 is 1.80 bits per heavy atom. The van der Waals surface area contributed by atoms with Crippen molar-refractivity contribution in [2.24, 2.45) is 0 Å². The van der Waals surface area contributed by atoms with E-state index < -0.39 is 88.4 Å². The van der Waals surface area contributed by atoms with Gasteiger partial charge in [0.1, 0.15) is 53.2 Å². The Kier molecular flexibility index (Phi) is 11.2. The monoisotopic (exact) mass is 843 g/mol. The number of esters is 1. The number of rotatable bonds is 17. The third kappa shape index (κ3) is 10.0. The number of carboxylic acid groups (broad SMARTS) is 2. The predicted octanol–water partition coefficient (Wildman–Crippen LogP) is 5.74. The van der Waals surface area contributed by atoms with Crippen LogP contribution in [-0.2, 0) is 14.3 Å². The summed E-state index contributed by atoms with van der Waals surface area (Å²) in [4.78, 5) is 67.2. The molecule has 0 aliphatic carbocycles. The Labute approximate surface area is 353 Å². The number of halogens is 1. The fourth-order valence-electron chi connectivity index (χ4n) is 6.63. The smallest absolute Gasteiger partial charge is 0.371 e. The topological polar surface area (TPSA) is 195 Å². The highest BCUT2D eigenvalue weighted by Crippen LogP contribution is 2.31. The van der Waals surface area contributed by atoms with Crippen LogP contribution >= 0.6 is 11.6 Å². The predicted molar refractivity (Wildman–Crippen MR) is 218 cm³/mol. The molecule has 4 aromatic carbocycles. The number of carbonyl (C=O) groups excluding carboxylic acids is 1. The Balaban J connectivity index is 1.08. The Morgan fingerprint density at radius 1 is 0.733 bits per heavy atom. The van der Waals surface area contributed by atoms with E-state index in [9.17, 15) is 35.6 Å². The largest absolute Gasteiger partial charge is 0.489 e. The lowest BCUT2D eigenvalue weighted by atomic mass is 9.96. The summed E-state index contributed by atoms with van der Waals surface area (Å²) in [5.41, 5.74) is -0.541. The highest BCUT2D eigenvalue weighted by molar-refractivity contribution is 6.30. The molecule has 7 rings (SSSR count). The van der Waals surface area contributed by atoms with Crippen LogP contribution in [-0.4, -0.2) is 103 Å². The van der Waals surface area contributed by atoms with Crippen molar-refractivity contribution < 1.29 is 59.2 Å². The van der Waals surface area contributed by atoms with Crippen LogP contribution in [0.1, 0.15) is 45.1 Å². The standard InChI is InChI=1S/C44H39ClN2O13/c45-29-14-12-28(13-15-29)42(27-6-2-1-3-7-27)47-18-16-46(17-19-47)20-21-55-26-39(50)58-30(24-56-33-8-4-10-35-40(33)31(48)22-37(59-35)43(51)52)25-57-34-9-5-11-36-41(34)32(49)23-38(60-36)44(53)54/h1-15,22-23,30,42H,16-21,24-26H2,(H,51,52)(H,53,54)/i24D2,25D2,30D. The molecule has 0 radical (unpaired) electrons. The van der Waals surface area contributed by atoms with Crippen molar-refractivity contribution in [3.63, 3.8) is 0 Å². The minimum Gasteiger partial charge on any atom is -0.489 e. The van der Waals surface area contributed by atoms with Gasteiger partial charge in [-0.2, -0.15) is 0 Å². The zero-order chi connectivity index (χ0) is 46.7. The summed E-state index contributed by atoms with van der Waals surface area (Å²) in [5, 5.41) is 18.4. The van der Waals surface area contributed by atoms with Crippen LogP contribution in [0.25, 0.3) is 21.9 Å². The number of piperazine rings is 1. The molecule has 2 N–H and O–H groups in total. The van der Waals surface area contributed by atoms with Crippen molar-refractivity contribution >= 4 is 51.4 Å². The van der Waals surface area contributed by atoms with Crippen LogP contribution < -0.4 is 20.3 Å². The maximum absolute atomic E-state index is 13.5. The third-order valence-corrected chi connectivity index (χ3v) is 9.67. The van der Waals surface area contributed by atoms with Gasteiger partial charge in [-0.05, 0) is 47.5 Å². The van der Waals surface area contributed by atoms with E-state index in [2.05, 4.69) is 21.9 Å². The van der Waals surface area contributed by atoms with E-state index in [0.717, 1.165) is 23.3 Å². The zero-order valence-electron chi connectivity index (χ0n) is 36.5. The second-order valence-corrected chi connectivity index (χ2v) is 13.8. The van der Waals surface area contributed by atoms with E-state index in [1.54, 1.807) is 0 Å². The molecule has 1 aliphatic heterocycles. The van der Waals surface area contributed by atoms with E-state index >= 15 is 0 Å². The van der Waals surface area contributed by atoms with Gasteiger partial charge in [-0.25, -0.2) is 14.4 Å². The molecule has 6 aromatic rings. The maximum Gasteiger partial charge on any atom is 0.371 e. The van der Waals surface area contributed by atoms with Crippen LogP contribution in [0.2, 0.25) is 5.02 Å². The summed E-state index contributed by atoms with van der Waals surface area (Å²) in [6, 6.07) is 25.8. The van der Waals surface area contributed by atoms with Gasteiger partial charge in [-0.1, -0.05) is 66.2 Å². The number of hydrogen-bond donors (Lipinski definition) is 2. The van der Waals surface area contributed by atoms with Gasteiger partial charge < -0.3 is 38.0 Å². The van der Waals surface area contributed by atoms with Gasteiger partial charge in [0.25, 0.3) is 0 Å². The number of carbonyl (C=O) groups is 3. The van der Waals surface area contributed by atoms with Gasteiger partial charge in [0.2, 0.25) is 11.5 Å². The first-order chi connectivity index (χ1) is 30.9. The van der Waals surface area contributed by atoms with E-state index in [-0.39, 0.29) is 23.8 Å². The number of aromatic carboxylic acids is 2. The molecule has 310 valence electrons. The minimum atomic E-state index is -3.87. The average molecular weight is 844 g/mol. The third-order valence-electron chi connectivity index (χ3n) is 9.42. The Bertz CT molecular complexity index is 2730. The molecule has 1 saturated heterocycles. The Morgan fingerprint density at radius 2 is 1.27 bits per heavy atom. The maximum atomic E-state index is 13.5. The molecule has 1 fully saturated rings. The number of carboxylic acids is 2. The summed E-state index contributed by atoms with van der Waals surface area (Å²) in [6.45, 7) is -5.47. The molecule has 2 aromatic heterocycles. The first-order valence-electron chi connectivity index (χ1n) is 20.9. The van der Waals surface area contributed by atoms with Crippen molar-refractivity contribution in [1.82, 2.24) is 9.80 Å². The van der Waals surface area contributed by atoms with Gasteiger partial charge in [0.05, 0.1) is 19.5 Å². The van der Waals surface area contributed by atoms with Crippen LogP contribution in [0.4, 0.5) is 0 Å². The molecule has 0 spiro atoms. The van der Waals surface area contributed by atoms with Gasteiger partial charge >= 0.3 is 17.9 Å². The summed E-state index contributed by atoms with van der Waals surface area (Å²) >= 11 is 6.18. The number of fused-ring (bicyclic) bond motifs is 2. The minimum absolute atomic E-state index is 0.0207.